The van der Waals surface area contributed by atoms with E-state index in [4.69, 9.17) is 0 Å². The summed E-state index contributed by atoms with van der Waals surface area (Å²) in [6.45, 7) is 0. The van der Waals surface area contributed by atoms with Crippen molar-refractivity contribution >= 4 is 17.2 Å². The molecule has 0 bridgehead atoms. The van der Waals surface area contributed by atoms with Crippen LogP contribution in [0, 0.1) is 0 Å². The molecule has 2 unspecified atom stereocenters. The second kappa shape index (κ2) is 4.97. The molecule has 4 heteroatoms. The lowest BCUT2D eigenvalue weighted by atomic mass is 9.91. The summed E-state index contributed by atoms with van der Waals surface area (Å²) in [5.41, 5.74) is 0. The summed E-state index contributed by atoms with van der Waals surface area (Å²) < 4.78 is 0. The molecule has 1 aliphatic carbocycles. The lowest BCUT2D eigenvalue weighted by Crippen LogP contribution is -2.46. The Hall–Kier alpha value is -0.870. The Balaban J connectivity index is 2.06. The van der Waals surface area contributed by atoms with Crippen LogP contribution in [0.25, 0.3) is 0 Å². The fourth-order valence-corrected chi connectivity index (χ4v) is 2.97. The van der Waals surface area contributed by atoms with Gasteiger partial charge in [-0.3, -0.25) is 4.79 Å². The summed E-state index contributed by atoms with van der Waals surface area (Å²) in [5, 5.41) is 11.8. The van der Waals surface area contributed by atoms with Crippen LogP contribution < -0.4 is 0 Å². The van der Waals surface area contributed by atoms with E-state index in [1.165, 1.54) is 11.3 Å². The molecule has 1 aliphatic rings. The van der Waals surface area contributed by atoms with Gasteiger partial charge < -0.3 is 10.0 Å². The van der Waals surface area contributed by atoms with E-state index in [1.807, 2.05) is 17.5 Å². The molecule has 0 aliphatic heterocycles. The largest absolute Gasteiger partial charge is 0.391 e. The Morgan fingerprint density at radius 2 is 2.25 bits per heavy atom. The van der Waals surface area contributed by atoms with Crippen molar-refractivity contribution in [3.63, 3.8) is 0 Å². The van der Waals surface area contributed by atoms with Gasteiger partial charge in [0.1, 0.15) is 0 Å². The van der Waals surface area contributed by atoms with Crippen molar-refractivity contribution in [2.24, 2.45) is 0 Å². The number of aliphatic hydroxyl groups is 1. The number of nitrogens with zero attached hydrogens (tertiary/aromatic N) is 1. The number of rotatable bonds is 2. The molecule has 0 radical (unpaired) electrons. The number of amides is 1. The molecule has 2 rings (SSSR count). The van der Waals surface area contributed by atoms with Crippen molar-refractivity contribution in [1.82, 2.24) is 4.90 Å². The van der Waals surface area contributed by atoms with Crippen LogP contribution in [0.2, 0.25) is 0 Å². The molecule has 1 fully saturated rings. The van der Waals surface area contributed by atoms with Crippen molar-refractivity contribution in [1.29, 1.82) is 0 Å². The highest BCUT2D eigenvalue weighted by molar-refractivity contribution is 7.12. The van der Waals surface area contributed by atoms with Crippen LogP contribution >= 0.6 is 11.3 Å². The highest BCUT2D eigenvalue weighted by Crippen LogP contribution is 2.24. The molecular formula is C12H17NO2S. The molecule has 1 heterocycles. The van der Waals surface area contributed by atoms with Crippen molar-refractivity contribution in [3.05, 3.63) is 22.4 Å². The third-order valence-electron chi connectivity index (χ3n) is 3.24. The zero-order valence-corrected chi connectivity index (χ0v) is 10.2. The second-order valence-electron chi connectivity index (χ2n) is 4.31. The lowest BCUT2D eigenvalue weighted by Gasteiger charge is -2.34. The van der Waals surface area contributed by atoms with Gasteiger partial charge in [0.25, 0.3) is 5.91 Å². The number of hydrogen-bond donors (Lipinski definition) is 1. The van der Waals surface area contributed by atoms with Gasteiger partial charge in [-0.15, -0.1) is 11.3 Å². The highest BCUT2D eigenvalue weighted by atomic mass is 32.1. The van der Waals surface area contributed by atoms with Gasteiger partial charge in [-0.05, 0) is 24.3 Å². The SMILES string of the molecule is CN(C(=O)c1cccs1)C1CCCCC1O. The van der Waals surface area contributed by atoms with Crippen LogP contribution in [0.4, 0.5) is 0 Å². The quantitative estimate of drug-likeness (QED) is 0.859. The molecule has 3 nitrogen and oxygen atoms in total. The summed E-state index contributed by atoms with van der Waals surface area (Å²) in [4.78, 5) is 14.5. The first-order valence-corrected chi connectivity index (χ1v) is 6.57. The first-order valence-electron chi connectivity index (χ1n) is 5.69. The van der Waals surface area contributed by atoms with E-state index in [0.29, 0.717) is 0 Å². The standard InChI is InChI=1S/C12H17NO2S/c1-13(9-5-2-3-6-10(9)14)12(15)11-7-4-8-16-11/h4,7-10,14H,2-3,5-6H2,1H3. The highest BCUT2D eigenvalue weighted by Gasteiger charge is 2.29. The third kappa shape index (κ3) is 2.28. The Bertz CT molecular complexity index is 350. The molecule has 0 saturated heterocycles. The topological polar surface area (TPSA) is 40.5 Å². The van der Waals surface area contributed by atoms with Crippen LogP contribution in [0.5, 0.6) is 0 Å². The molecule has 1 aromatic rings. The molecule has 0 aromatic carbocycles. The maximum Gasteiger partial charge on any atom is 0.263 e. The minimum absolute atomic E-state index is 0.0108. The van der Waals surface area contributed by atoms with Crippen LogP contribution in [0.15, 0.2) is 17.5 Å². The molecule has 88 valence electrons. The van der Waals surface area contributed by atoms with Gasteiger partial charge in [0.2, 0.25) is 0 Å². The summed E-state index contributed by atoms with van der Waals surface area (Å²) in [7, 11) is 1.79. The number of thiophene rings is 1. The van der Waals surface area contributed by atoms with Gasteiger partial charge in [-0.1, -0.05) is 18.9 Å². The number of hydrogen-bond acceptors (Lipinski definition) is 3. The zero-order chi connectivity index (χ0) is 11.5. The molecule has 16 heavy (non-hydrogen) atoms. The Morgan fingerprint density at radius 1 is 1.50 bits per heavy atom. The Morgan fingerprint density at radius 3 is 2.88 bits per heavy atom. The van der Waals surface area contributed by atoms with Gasteiger partial charge >= 0.3 is 0 Å². The van der Waals surface area contributed by atoms with E-state index in [0.717, 1.165) is 30.6 Å². The van der Waals surface area contributed by atoms with E-state index in [-0.39, 0.29) is 18.1 Å². The van der Waals surface area contributed by atoms with Crippen LogP contribution in [0.1, 0.15) is 35.4 Å². The second-order valence-corrected chi connectivity index (χ2v) is 5.26. The van der Waals surface area contributed by atoms with Crippen molar-refractivity contribution in [2.45, 2.75) is 37.8 Å². The van der Waals surface area contributed by atoms with E-state index in [1.54, 1.807) is 11.9 Å². The van der Waals surface area contributed by atoms with Gasteiger partial charge in [0.15, 0.2) is 0 Å². The Kier molecular flexibility index (Phi) is 3.61. The number of carbonyl (C=O) groups is 1. The third-order valence-corrected chi connectivity index (χ3v) is 4.10. The van der Waals surface area contributed by atoms with Crippen molar-refractivity contribution < 1.29 is 9.90 Å². The van der Waals surface area contributed by atoms with E-state index >= 15 is 0 Å². The van der Waals surface area contributed by atoms with Gasteiger partial charge in [-0.25, -0.2) is 0 Å². The fraction of sp³-hybridized carbons (Fsp3) is 0.583. The average molecular weight is 239 g/mol. The minimum atomic E-state index is -0.359. The number of carbonyl (C=O) groups excluding carboxylic acids is 1. The molecule has 2 atom stereocenters. The summed E-state index contributed by atoms with van der Waals surface area (Å²) in [5.74, 6) is 0.0287. The smallest absolute Gasteiger partial charge is 0.263 e. The molecule has 1 saturated carbocycles. The van der Waals surface area contributed by atoms with Gasteiger partial charge in [0, 0.05) is 7.05 Å². The normalized spacial score (nSPS) is 25.4. The number of aliphatic hydroxyl groups excluding tert-OH is 1. The van der Waals surface area contributed by atoms with Crippen LogP contribution in [-0.2, 0) is 0 Å². The maximum atomic E-state index is 12.1. The zero-order valence-electron chi connectivity index (χ0n) is 9.43. The van der Waals surface area contributed by atoms with Crippen LogP contribution in [-0.4, -0.2) is 35.1 Å². The predicted octanol–water partition coefficient (Wildman–Crippen LogP) is 2.12. The first kappa shape index (κ1) is 11.6. The van der Waals surface area contributed by atoms with Crippen molar-refractivity contribution in [2.75, 3.05) is 7.05 Å². The van der Waals surface area contributed by atoms with Gasteiger partial charge in [0.05, 0.1) is 17.0 Å². The average Bonchev–Trinajstić information content (AvgIpc) is 2.81. The van der Waals surface area contributed by atoms with E-state index in [2.05, 4.69) is 0 Å². The molecular weight excluding hydrogens is 222 g/mol. The fourth-order valence-electron chi connectivity index (χ4n) is 2.27. The van der Waals surface area contributed by atoms with Gasteiger partial charge in [-0.2, -0.15) is 0 Å². The maximum absolute atomic E-state index is 12.1. The minimum Gasteiger partial charge on any atom is -0.391 e. The van der Waals surface area contributed by atoms with Crippen LogP contribution in [0.3, 0.4) is 0 Å². The summed E-state index contributed by atoms with van der Waals surface area (Å²) in [6, 6.07) is 3.70. The predicted molar refractivity (Wildman–Crippen MR) is 64.7 cm³/mol. The van der Waals surface area contributed by atoms with E-state index in [9.17, 15) is 9.90 Å². The molecule has 1 aromatic heterocycles. The summed E-state index contributed by atoms with van der Waals surface area (Å²) >= 11 is 1.45. The summed E-state index contributed by atoms with van der Waals surface area (Å²) in [6.07, 6.45) is 3.53. The molecule has 0 spiro atoms. The monoisotopic (exact) mass is 239 g/mol. The molecule has 1 N–H and O–H groups in total. The Labute approximate surface area is 99.7 Å². The number of likely N-dealkylation sites (N-methyl/N-ethyl adjacent to an activating group) is 1. The lowest BCUT2D eigenvalue weighted by molar-refractivity contribution is 0.0271. The molecule has 1 amide bonds. The first-order chi connectivity index (χ1) is 7.70. The van der Waals surface area contributed by atoms with E-state index < -0.39 is 0 Å². The van der Waals surface area contributed by atoms with Crippen molar-refractivity contribution in [3.8, 4) is 0 Å².